The second kappa shape index (κ2) is 9.65. The van der Waals surface area contributed by atoms with Crippen LogP contribution in [0.1, 0.15) is 21.5 Å². The van der Waals surface area contributed by atoms with Gasteiger partial charge in [0, 0.05) is 24.9 Å². The summed E-state index contributed by atoms with van der Waals surface area (Å²) in [5.74, 6) is 1.80. The smallest absolute Gasteiger partial charge is 0.324 e. The largest absolute Gasteiger partial charge is 0.497 e. The number of hydrogen-bond donors (Lipinski definition) is 2. The van der Waals surface area contributed by atoms with Gasteiger partial charge in [-0.25, -0.2) is 4.98 Å². The van der Waals surface area contributed by atoms with E-state index >= 15 is 0 Å². The van der Waals surface area contributed by atoms with Crippen LogP contribution in [0.3, 0.4) is 0 Å². The van der Waals surface area contributed by atoms with E-state index in [2.05, 4.69) is 36.5 Å². The first-order valence-electron chi connectivity index (χ1n) is 9.39. The maximum Gasteiger partial charge on any atom is 0.324 e. The number of halogens is 1. The molecular weight excluding hydrogens is 464 g/mol. The van der Waals surface area contributed by atoms with E-state index in [1.165, 1.54) is 7.11 Å². The second-order valence-electron chi connectivity index (χ2n) is 6.64. The Labute approximate surface area is 189 Å². The summed E-state index contributed by atoms with van der Waals surface area (Å²) >= 11 is 3.46. The molecule has 9 heteroatoms. The molecule has 0 saturated carbocycles. The van der Waals surface area contributed by atoms with E-state index in [1.807, 2.05) is 26.0 Å². The lowest BCUT2D eigenvalue weighted by Crippen LogP contribution is -2.18. The number of carbonyl (C=O) groups excluding carboxylic acids is 1. The van der Waals surface area contributed by atoms with Crippen LogP contribution in [0.4, 0.5) is 11.5 Å². The second-order valence-corrected chi connectivity index (χ2v) is 7.49. The van der Waals surface area contributed by atoms with E-state index in [-0.39, 0.29) is 17.7 Å². The predicted molar refractivity (Wildman–Crippen MR) is 122 cm³/mol. The summed E-state index contributed by atoms with van der Waals surface area (Å²) < 4.78 is 17.2. The molecule has 162 valence electrons. The van der Waals surface area contributed by atoms with Gasteiger partial charge in [-0.15, -0.1) is 0 Å². The Bertz CT molecular complexity index is 1120. The maximum atomic E-state index is 12.2. The van der Waals surface area contributed by atoms with Gasteiger partial charge in [-0.3, -0.25) is 4.79 Å². The molecule has 1 heterocycles. The fourth-order valence-corrected chi connectivity index (χ4v) is 3.16. The van der Waals surface area contributed by atoms with Crippen molar-refractivity contribution in [2.75, 3.05) is 26.6 Å². The van der Waals surface area contributed by atoms with Gasteiger partial charge in [-0.1, -0.05) is 0 Å². The van der Waals surface area contributed by atoms with Crippen LogP contribution in [0.2, 0.25) is 0 Å². The fourth-order valence-electron chi connectivity index (χ4n) is 2.87. The lowest BCUT2D eigenvalue weighted by molar-refractivity contribution is 0.0960. The van der Waals surface area contributed by atoms with Gasteiger partial charge < -0.3 is 24.8 Å². The summed E-state index contributed by atoms with van der Waals surface area (Å²) in [6, 6.07) is 8.87. The SMILES string of the molecule is CNC(=O)c1ccc(OC)cc1Oc1ncc(Br)c(Nc2cc(C)c(C)c(OC)c2)n1. The van der Waals surface area contributed by atoms with Crippen LogP contribution in [0.15, 0.2) is 41.0 Å². The Morgan fingerprint density at radius 3 is 2.52 bits per heavy atom. The van der Waals surface area contributed by atoms with Gasteiger partial charge >= 0.3 is 6.01 Å². The third kappa shape index (κ3) is 5.05. The highest BCUT2D eigenvalue weighted by Gasteiger charge is 2.16. The van der Waals surface area contributed by atoms with Gasteiger partial charge in [-0.2, -0.15) is 4.98 Å². The summed E-state index contributed by atoms with van der Waals surface area (Å²) in [6.45, 7) is 4.01. The van der Waals surface area contributed by atoms with Gasteiger partial charge in [0.1, 0.15) is 17.2 Å². The molecule has 0 atom stereocenters. The molecule has 0 saturated heterocycles. The molecule has 0 fully saturated rings. The van der Waals surface area contributed by atoms with Crippen LogP contribution in [0.25, 0.3) is 0 Å². The molecule has 8 nitrogen and oxygen atoms in total. The quantitative estimate of drug-likeness (QED) is 0.496. The highest BCUT2D eigenvalue weighted by Crippen LogP contribution is 2.32. The van der Waals surface area contributed by atoms with E-state index < -0.39 is 0 Å². The molecule has 0 radical (unpaired) electrons. The van der Waals surface area contributed by atoms with E-state index in [0.29, 0.717) is 21.6 Å². The van der Waals surface area contributed by atoms with Crippen molar-refractivity contribution in [3.05, 3.63) is 57.7 Å². The minimum absolute atomic E-state index is 0.0694. The van der Waals surface area contributed by atoms with E-state index in [1.54, 1.807) is 38.6 Å². The van der Waals surface area contributed by atoms with Crippen molar-refractivity contribution in [3.8, 4) is 23.3 Å². The first kappa shape index (κ1) is 22.4. The molecule has 0 aliphatic rings. The Balaban J connectivity index is 1.94. The molecule has 0 aliphatic carbocycles. The summed E-state index contributed by atoms with van der Waals surface area (Å²) in [5, 5.41) is 5.84. The fraction of sp³-hybridized carbons (Fsp3) is 0.227. The predicted octanol–water partition coefficient (Wildman–Crippen LogP) is 4.77. The van der Waals surface area contributed by atoms with Crippen molar-refractivity contribution >= 4 is 33.3 Å². The number of methoxy groups -OCH3 is 2. The molecule has 0 spiro atoms. The average molecular weight is 487 g/mol. The summed E-state index contributed by atoms with van der Waals surface area (Å²) in [6.07, 6.45) is 1.57. The summed E-state index contributed by atoms with van der Waals surface area (Å²) in [7, 11) is 4.72. The van der Waals surface area contributed by atoms with Gasteiger partial charge in [0.2, 0.25) is 0 Å². The number of benzene rings is 2. The molecule has 0 aliphatic heterocycles. The molecule has 0 bridgehead atoms. The van der Waals surface area contributed by atoms with Gasteiger partial charge in [0.25, 0.3) is 5.91 Å². The minimum Gasteiger partial charge on any atom is -0.497 e. The highest BCUT2D eigenvalue weighted by atomic mass is 79.9. The Morgan fingerprint density at radius 1 is 1.06 bits per heavy atom. The lowest BCUT2D eigenvalue weighted by atomic mass is 10.1. The number of ether oxygens (including phenoxy) is 3. The Kier molecular flexibility index (Phi) is 6.96. The Hall–Kier alpha value is -3.33. The molecule has 1 amide bonds. The van der Waals surface area contributed by atoms with E-state index in [0.717, 1.165) is 22.6 Å². The average Bonchev–Trinajstić information content (AvgIpc) is 2.77. The zero-order valence-corrected chi connectivity index (χ0v) is 19.5. The number of nitrogens with zero attached hydrogens (tertiary/aromatic N) is 2. The van der Waals surface area contributed by atoms with Crippen molar-refractivity contribution in [1.82, 2.24) is 15.3 Å². The number of carbonyl (C=O) groups is 1. The Morgan fingerprint density at radius 2 is 1.84 bits per heavy atom. The number of aromatic nitrogens is 2. The lowest BCUT2D eigenvalue weighted by Gasteiger charge is -2.14. The van der Waals surface area contributed by atoms with Crippen LogP contribution >= 0.6 is 15.9 Å². The molecule has 0 unspecified atom stereocenters. The number of anilines is 2. The highest BCUT2D eigenvalue weighted by molar-refractivity contribution is 9.10. The van der Waals surface area contributed by atoms with Crippen LogP contribution in [-0.2, 0) is 0 Å². The molecule has 31 heavy (non-hydrogen) atoms. The van der Waals surface area contributed by atoms with Crippen molar-refractivity contribution < 1.29 is 19.0 Å². The third-order valence-electron chi connectivity index (χ3n) is 4.69. The standard InChI is InChI=1S/C22H23BrN4O4/c1-12-8-14(9-18(30-5)13(12)2)26-20-17(23)11-25-22(27-20)31-19-10-15(29-4)6-7-16(19)21(28)24-3/h6-11H,1-5H3,(H,24,28)(H,25,26,27). The zero-order valence-electron chi connectivity index (χ0n) is 17.9. The zero-order chi connectivity index (χ0) is 22.5. The van der Waals surface area contributed by atoms with Crippen LogP contribution in [-0.4, -0.2) is 37.1 Å². The topological polar surface area (TPSA) is 94.6 Å². The van der Waals surface area contributed by atoms with Crippen LogP contribution in [0.5, 0.6) is 23.3 Å². The van der Waals surface area contributed by atoms with Crippen molar-refractivity contribution in [1.29, 1.82) is 0 Å². The summed E-state index contributed by atoms with van der Waals surface area (Å²) in [4.78, 5) is 20.9. The van der Waals surface area contributed by atoms with E-state index in [9.17, 15) is 4.79 Å². The summed E-state index contributed by atoms with van der Waals surface area (Å²) in [5.41, 5.74) is 3.29. The first-order valence-corrected chi connectivity index (χ1v) is 10.2. The molecule has 2 N–H and O–H groups in total. The number of rotatable bonds is 7. The normalized spacial score (nSPS) is 10.4. The monoisotopic (exact) mass is 486 g/mol. The first-order chi connectivity index (χ1) is 14.9. The number of hydrogen-bond acceptors (Lipinski definition) is 7. The van der Waals surface area contributed by atoms with Crippen molar-refractivity contribution in [2.24, 2.45) is 0 Å². The molecular formula is C22H23BrN4O4. The molecule has 3 aromatic rings. The molecule has 3 rings (SSSR count). The number of amides is 1. The van der Waals surface area contributed by atoms with Gasteiger partial charge in [0.15, 0.2) is 5.82 Å². The minimum atomic E-state index is -0.296. The van der Waals surface area contributed by atoms with Crippen molar-refractivity contribution in [2.45, 2.75) is 13.8 Å². The molecule has 2 aromatic carbocycles. The maximum absolute atomic E-state index is 12.2. The number of aryl methyl sites for hydroxylation is 1. The molecule has 1 aromatic heterocycles. The van der Waals surface area contributed by atoms with Gasteiger partial charge in [-0.05, 0) is 59.1 Å². The van der Waals surface area contributed by atoms with Crippen molar-refractivity contribution in [3.63, 3.8) is 0 Å². The third-order valence-corrected chi connectivity index (χ3v) is 5.27. The van der Waals surface area contributed by atoms with Crippen LogP contribution in [0, 0.1) is 13.8 Å². The van der Waals surface area contributed by atoms with Crippen LogP contribution < -0.4 is 24.8 Å². The van der Waals surface area contributed by atoms with E-state index in [4.69, 9.17) is 14.2 Å². The number of nitrogens with one attached hydrogen (secondary N) is 2. The van der Waals surface area contributed by atoms with Gasteiger partial charge in [0.05, 0.1) is 30.5 Å².